The molecule has 0 atom stereocenters. The summed E-state index contributed by atoms with van der Waals surface area (Å²) in [5.41, 5.74) is 4.43. The molecule has 0 radical (unpaired) electrons. The highest BCUT2D eigenvalue weighted by atomic mass is 32.2. The van der Waals surface area contributed by atoms with Crippen molar-refractivity contribution in [1.82, 2.24) is 19.9 Å². The molecular weight excluding hydrogens is 416 g/mol. The van der Waals surface area contributed by atoms with Gasteiger partial charge >= 0.3 is 0 Å². The molecule has 4 rings (SSSR count). The summed E-state index contributed by atoms with van der Waals surface area (Å²) in [5, 5.41) is 14.4. The number of carbonyl (C=O) groups excluding carboxylic acids is 1. The third-order valence-electron chi connectivity index (χ3n) is 4.41. The Morgan fingerprint density at radius 3 is 2.45 bits per heavy atom. The Morgan fingerprint density at radius 2 is 1.77 bits per heavy atom. The Balaban J connectivity index is 1.41. The first-order valence-corrected chi connectivity index (χ1v) is 10.4. The fourth-order valence-corrected chi connectivity index (χ4v) is 3.79. The van der Waals surface area contributed by atoms with Gasteiger partial charge in [0.1, 0.15) is 5.82 Å². The highest BCUT2D eigenvalue weighted by Crippen LogP contribution is 2.25. The van der Waals surface area contributed by atoms with Crippen molar-refractivity contribution >= 4 is 40.1 Å². The quantitative estimate of drug-likeness (QED) is 0.201. The minimum atomic E-state index is -0.443. The van der Waals surface area contributed by atoms with Gasteiger partial charge in [-0.25, -0.2) is 15.0 Å². The summed E-state index contributed by atoms with van der Waals surface area (Å²) in [6, 6.07) is 13.6. The second kappa shape index (κ2) is 8.52. The molecule has 156 valence electrons. The van der Waals surface area contributed by atoms with E-state index in [-0.39, 0.29) is 17.3 Å². The molecule has 2 N–H and O–H groups in total. The van der Waals surface area contributed by atoms with Crippen LogP contribution < -0.4 is 5.32 Å². The molecule has 0 aliphatic heterocycles. The van der Waals surface area contributed by atoms with Gasteiger partial charge in [-0.3, -0.25) is 14.9 Å². The third kappa shape index (κ3) is 4.86. The first kappa shape index (κ1) is 20.5. The fraction of sp³-hybridized carbons (Fsp3) is 0.143. The Hall–Kier alpha value is -3.79. The molecule has 1 amide bonds. The van der Waals surface area contributed by atoms with E-state index in [1.807, 2.05) is 32.0 Å². The second-order valence-electron chi connectivity index (χ2n) is 6.89. The van der Waals surface area contributed by atoms with Crippen molar-refractivity contribution in [2.45, 2.75) is 19.0 Å². The van der Waals surface area contributed by atoms with Gasteiger partial charge in [0.2, 0.25) is 5.91 Å². The van der Waals surface area contributed by atoms with E-state index in [2.05, 4.69) is 25.3 Å². The molecule has 0 saturated heterocycles. The molecule has 0 bridgehead atoms. The Kier molecular flexibility index (Phi) is 5.63. The standard InChI is InChI=1S/C21H18N6O3S/c1-12-9-13(2)23-21(22-12)31-11-19(28)24-15-5-3-14(4-6-15)20-25-17-8-7-16(27(29)30)10-18(17)26-20/h3-10H,11H2,1-2H3,(H,24,28)(H,25,26). The third-order valence-corrected chi connectivity index (χ3v) is 5.26. The van der Waals surface area contributed by atoms with Crippen molar-refractivity contribution in [3.05, 3.63) is 70.0 Å². The van der Waals surface area contributed by atoms with E-state index in [4.69, 9.17) is 0 Å². The fourth-order valence-electron chi connectivity index (χ4n) is 3.04. The second-order valence-corrected chi connectivity index (χ2v) is 7.83. The number of hydrogen-bond acceptors (Lipinski definition) is 7. The van der Waals surface area contributed by atoms with Gasteiger partial charge in [-0.1, -0.05) is 11.8 Å². The van der Waals surface area contributed by atoms with E-state index in [1.165, 1.54) is 23.9 Å². The number of carbonyl (C=O) groups is 1. The van der Waals surface area contributed by atoms with Crippen molar-refractivity contribution in [2.24, 2.45) is 0 Å². The molecule has 0 saturated carbocycles. The van der Waals surface area contributed by atoms with Crippen LogP contribution in [0.15, 0.2) is 53.7 Å². The van der Waals surface area contributed by atoms with Gasteiger partial charge in [-0.05, 0) is 50.2 Å². The zero-order valence-corrected chi connectivity index (χ0v) is 17.6. The van der Waals surface area contributed by atoms with E-state index in [0.717, 1.165) is 17.0 Å². The molecule has 2 aromatic carbocycles. The molecule has 31 heavy (non-hydrogen) atoms. The lowest BCUT2D eigenvalue weighted by molar-refractivity contribution is -0.384. The predicted molar refractivity (Wildman–Crippen MR) is 119 cm³/mol. The van der Waals surface area contributed by atoms with Crippen molar-refractivity contribution in [3.8, 4) is 11.4 Å². The molecule has 0 fully saturated rings. The number of imidazole rings is 1. The lowest BCUT2D eigenvalue weighted by atomic mass is 10.2. The predicted octanol–water partition coefficient (Wildman–Crippen LogP) is 4.28. The number of nitro benzene ring substituents is 1. The number of nitro groups is 1. The Labute approximate surface area is 181 Å². The van der Waals surface area contributed by atoms with E-state index in [9.17, 15) is 14.9 Å². The number of non-ortho nitro benzene ring substituents is 1. The number of aryl methyl sites for hydroxylation is 2. The molecule has 2 heterocycles. The van der Waals surface area contributed by atoms with E-state index in [0.29, 0.717) is 27.7 Å². The van der Waals surface area contributed by atoms with Crippen molar-refractivity contribution in [3.63, 3.8) is 0 Å². The normalized spacial score (nSPS) is 10.9. The number of H-pyrrole nitrogens is 1. The van der Waals surface area contributed by atoms with Crippen LogP contribution in [0.25, 0.3) is 22.4 Å². The van der Waals surface area contributed by atoms with Gasteiger partial charge in [0, 0.05) is 34.8 Å². The molecule has 0 aliphatic rings. The zero-order valence-electron chi connectivity index (χ0n) is 16.7. The number of nitrogens with one attached hydrogen (secondary N) is 2. The van der Waals surface area contributed by atoms with Crippen LogP contribution in [0.4, 0.5) is 11.4 Å². The maximum atomic E-state index is 12.3. The number of rotatable bonds is 6. The van der Waals surface area contributed by atoms with Crippen LogP contribution in [0, 0.1) is 24.0 Å². The highest BCUT2D eigenvalue weighted by molar-refractivity contribution is 7.99. The van der Waals surface area contributed by atoms with Crippen LogP contribution in [0.3, 0.4) is 0 Å². The van der Waals surface area contributed by atoms with Gasteiger partial charge < -0.3 is 10.3 Å². The number of nitrogens with zero attached hydrogens (tertiary/aromatic N) is 4. The molecule has 0 unspecified atom stereocenters. The molecular formula is C21H18N6O3S. The molecule has 2 aromatic heterocycles. The first-order valence-electron chi connectivity index (χ1n) is 9.37. The Bertz CT molecular complexity index is 1270. The van der Waals surface area contributed by atoms with Gasteiger partial charge in [0.05, 0.1) is 21.7 Å². The van der Waals surface area contributed by atoms with Crippen LogP contribution in [-0.4, -0.2) is 36.5 Å². The summed E-state index contributed by atoms with van der Waals surface area (Å²) >= 11 is 1.28. The largest absolute Gasteiger partial charge is 0.338 e. The van der Waals surface area contributed by atoms with Crippen LogP contribution in [-0.2, 0) is 4.79 Å². The molecule has 0 aliphatic carbocycles. The van der Waals surface area contributed by atoms with E-state index >= 15 is 0 Å². The van der Waals surface area contributed by atoms with Crippen molar-refractivity contribution in [2.75, 3.05) is 11.1 Å². The maximum absolute atomic E-state index is 12.3. The van der Waals surface area contributed by atoms with Gasteiger partial charge in [-0.15, -0.1) is 0 Å². The van der Waals surface area contributed by atoms with Gasteiger partial charge in [-0.2, -0.15) is 0 Å². The number of thioether (sulfide) groups is 1. The smallest absolute Gasteiger partial charge is 0.271 e. The van der Waals surface area contributed by atoms with Crippen LogP contribution in [0.5, 0.6) is 0 Å². The van der Waals surface area contributed by atoms with Crippen molar-refractivity contribution < 1.29 is 9.72 Å². The minimum Gasteiger partial charge on any atom is -0.338 e. The van der Waals surface area contributed by atoms with Gasteiger partial charge in [0.15, 0.2) is 5.16 Å². The van der Waals surface area contributed by atoms with Crippen LogP contribution in [0.2, 0.25) is 0 Å². The van der Waals surface area contributed by atoms with Crippen LogP contribution in [0.1, 0.15) is 11.4 Å². The minimum absolute atomic E-state index is 0.00449. The lowest BCUT2D eigenvalue weighted by Gasteiger charge is -2.06. The molecule has 9 nitrogen and oxygen atoms in total. The number of hydrogen-bond donors (Lipinski definition) is 2. The summed E-state index contributed by atoms with van der Waals surface area (Å²) < 4.78 is 0. The number of amides is 1. The average Bonchev–Trinajstić information content (AvgIpc) is 3.15. The molecule has 4 aromatic rings. The number of anilines is 1. The SMILES string of the molecule is Cc1cc(C)nc(SCC(=O)Nc2ccc(-c3nc4ccc([N+](=O)[O-])cc4[nH]3)cc2)n1. The lowest BCUT2D eigenvalue weighted by Crippen LogP contribution is -2.14. The topological polar surface area (TPSA) is 127 Å². The number of fused-ring (bicyclic) bond motifs is 1. The zero-order chi connectivity index (χ0) is 22.0. The Morgan fingerprint density at radius 1 is 1.06 bits per heavy atom. The summed E-state index contributed by atoms with van der Waals surface area (Å²) in [6.07, 6.45) is 0. The average molecular weight is 434 g/mol. The first-order chi connectivity index (χ1) is 14.9. The summed E-state index contributed by atoms with van der Waals surface area (Å²) in [6.45, 7) is 3.78. The summed E-state index contributed by atoms with van der Waals surface area (Å²) in [5.74, 6) is 0.639. The van der Waals surface area contributed by atoms with Crippen molar-refractivity contribution in [1.29, 1.82) is 0 Å². The van der Waals surface area contributed by atoms with E-state index in [1.54, 1.807) is 18.2 Å². The number of benzene rings is 2. The summed E-state index contributed by atoms with van der Waals surface area (Å²) in [4.78, 5) is 38.9. The number of aromatic nitrogens is 4. The highest BCUT2D eigenvalue weighted by Gasteiger charge is 2.11. The summed E-state index contributed by atoms with van der Waals surface area (Å²) in [7, 11) is 0. The van der Waals surface area contributed by atoms with Gasteiger partial charge in [0.25, 0.3) is 5.69 Å². The number of aromatic amines is 1. The monoisotopic (exact) mass is 434 g/mol. The maximum Gasteiger partial charge on any atom is 0.271 e. The molecule has 10 heteroatoms. The van der Waals surface area contributed by atoms with E-state index < -0.39 is 4.92 Å². The van der Waals surface area contributed by atoms with Crippen LogP contribution >= 0.6 is 11.8 Å². The molecule has 0 spiro atoms.